The Bertz CT molecular complexity index is 682. The van der Waals surface area contributed by atoms with Crippen LogP contribution >= 0.6 is 0 Å². The summed E-state index contributed by atoms with van der Waals surface area (Å²) in [5.41, 5.74) is 2.14. The monoisotopic (exact) mass is 256 g/mol. The second-order valence-electron chi connectivity index (χ2n) is 4.80. The number of benzene rings is 1. The predicted molar refractivity (Wildman–Crippen MR) is 73.0 cm³/mol. The van der Waals surface area contributed by atoms with Crippen molar-refractivity contribution in [3.8, 4) is 5.69 Å². The van der Waals surface area contributed by atoms with E-state index >= 15 is 0 Å². The molecule has 0 fully saturated rings. The molecule has 1 atom stereocenters. The lowest BCUT2D eigenvalue weighted by atomic mass is 10.2. The first-order valence-electron chi connectivity index (χ1n) is 6.15. The smallest absolute Gasteiger partial charge is 0.123 e. The summed E-state index contributed by atoms with van der Waals surface area (Å²) < 4.78 is 3.90. The van der Waals surface area contributed by atoms with Gasteiger partial charge in [-0.1, -0.05) is 0 Å². The maximum atomic E-state index is 4.47. The fraction of sp³-hybridized carbons (Fsp3) is 0.308. The minimum absolute atomic E-state index is 0.202. The first-order chi connectivity index (χ1) is 9.16. The van der Waals surface area contributed by atoms with Gasteiger partial charge >= 0.3 is 0 Å². The van der Waals surface area contributed by atoms with Gasteiger partial charge in [-0.25, -0.2) is 4.68 Å². The molecule has 6 nitrogen and oxygen atoms in total. The number of rotatable bonds is 3. The van der Waals surface area contributed by atoms with Crippen molar-refractivity contribution < 1.29 is 0 Å². The lowest BCUT2D eigenvalue weighted by Gasteiger charge is -2.21. The van der Waals surface area contributed by atoms with Crippen molar-refractivity contribution >= 4 is 10.9 Å². The number of hydrogen-bond acceptors (Lipinski definition) is 4. The SMILES string of the molecule is CC(N(C)C)n1ncc2ccc(-n3cnnc3)cc21. The molecule has 6 heteroatoms. The lowest BCUT2D eigenvalue weighted by Crippen LogP contribution is -2.23. The molecule has 98 valence electrons. The van der Waals surface area contributed by atoms with E-state index in [1.807, 2.05) is 35.6 Å². The Morgan fingerprint density at radius 1 is 1.16 bits per heavy atom. The van der Waals surface area contributed by atoms with Crippen LogP contribution in [0.2, 0.25) is 0 Å². The first kappa shape index (κ1) is 11.9. The summed E-state index contributed by atoms with van der Waals surface area (Å²) in [6.45, 7) is 2.12. The summed E-state index contributed by atoms with van der Waals surface area (Å²) in [4.78, 5) is 2.12. The predicted octanol–water partition coefficient (Wildman–Crippen LogP) is 1.70. The van der Waals surface area contributed by atoms with Crippen molar-refractivity contribution in [1.82, 2.24) is 29.4 Å². The van der Waals surface area contributed by atoms with Crippen LogP contribution in [0.5, 0.6) is 0 Å². The van der Waals surface area contributed by atoms with E-state index in [0.717, 1.165) is 16.6 Å². The highest BCUT2D eigenvalue weighted by Crippen LogP contribution is 2.21. The van der Waals surface area contributed by atoms with E-state index in [0.29, 0.717) is 0 Å². The Morgan fingerprint density at radius 2 is 1.89 bits per heavy atom. The van der Waals surface area contributed by atoms with Gasteiger partial charge in [0.15, 0.2) is 0 Å². The molecular formula is C13H16N6. The topological polar surface area (TPSA) is 51.8 Å². The van der Waals surface area contributed by atoms with Crippen LogP contribution in [-0.2, 0) is 0 Å². The number of aromatic nitrogens is 5. The Kier molecular flexibility index (Phi) is 2.79. The normalized spacial score (nSPS) is 13.3. The van der Waals surface area contributed by atoms with Crippen molar-refractivity contribution in [2.45, 2.75) is 13.1 Å². The summed E-state index contributed by atoms with van der Waals surface area (Å²) in [5.74, 6) is 0. The molecule has 0 radical (unpaired) electrons. The summed E-state index contributed by atoms with van der Waals surface area (Å²) in [6.07, 6.45) is 5.48. The van der Waals surface area contributed by atoms with Crippen molar-refractivity contribution in [2.75, 3.05) is 14.1 Å². The zero-order valence-corrected chi connectivity index (χ0v) is 11.2. The van der Waals surface area contributed by atoms with E-state index in [1.54, 1.807) is 12.7 Å². The van der Waals surface area contributed by atoms with Gasteiger partial charge in [0.25, 0.3) is 0 Å². The molecule has 0 aliphatic rings. The molecule has 2 heterocycles. The number of hydrogen-bond donors (Lipinski definition) is 0. The van der Waals surface area contributed by atoms with Gasteiger partial charge in [-0.05, 0) is 39.2 Å². The Labute approximate surface area is 111 Å². The molecule has 1 aromatic carbocycles. The average Bonchev–Trinajstić information content (AvgIpc) is 3.06. The Hall–Kier alpha value is -2.21. The standard InChI is InChI=1S/C13H16N6/c1-10(17(2)3)19-13-6-12(18-8-14-15-9-18)5-4-11(13)7-16-19/h4-10H,1-3H3. The number of fused-ring (bicyclic) bond motifs is 1. The van der Waals surface area contributed by atoms with Gasteiger partial charge in [0.2, 0.25) is 0 Å². The van der Waals surface area contributed by atoms with Crippen molar-refractivity contribution in [3.63, 3.8) is 0 Å². The third-order valence-electron chi connectivity index (χ3n) is 3.40. The quantitative estimate of drug-likeness (QED) is 0.715. The van der Waals surface area contributed by atoms with Crippen LogP contribution in [0.3, 0.4) is 0 Å². The molecule has 0 saturated carbocycles. The van der Waals surface area contributed by atoms with Crippen LogP contribution in [0.4, 0.5) is 0 Å². The highest BCUT2D eigenvalue weighted by Gasteiger charge is 2.12. The van der Waals surface area contributed by atoms with E-state index in [1.165, 1.54) is 0 Å². The van der Waals surface area contributed by atoms with Gasteiger partial charge in [-0.2, -0.15) is 5.10 Å². The maximum Gasteiger partial charge on any atom is 0.123 e. The van der Waals surface area contributed by atoms with Crippen LogP contribution in [0.15, 0.2) is 37.1 Å². The maximum absolute atomic E-state index is 4.47. The van der Waals surface area contributed by atoms with Crippen LogP contribution in [0.25, 0.3) is 16.6 Å². The molecule has 0 N–H and O–H groups in total. The average molecular weight is 256 g/mol. The molecule has 0 bridgehead atoms. The molecule has 2 aromatic heterocycles. The third kappa shape index (κ3) is 2.00. The summed E-state index contributed by atoms with van der Waals surface area (Å²) in [7, 11) is 4.09. The van der Waals surface area contributed by atoms with E-state index in [9.17, 15) is 0 Å². The Morgan fingerprint density at radius 3 is 2.58 bits per heavy atom. The molecule has 3 rings (SSSR count). The summed E-state index contributed by atoms with van der Waals surface area (Å²) >= 11 is 0. The fourth-order valence-electron chi connectivity index (χ4n) is 2.04. The van der Waals surface area contributed by atoms with Gasteiger partial charge in [0.1, 0.15) is 18.8 Å². The third-order valence-corrected chi connectivity index (χ3v) is 3.40. The van der Waals surface area contributed by atoms with E-state index in [4.69, 9.17) is 0 Å². The van der Waals surface area contributed by atoms with Crippen molar-refractivity contribution in [2.24, 2.45) is 0 Å². The van der Waals surface area contributed by atoms with Gasteiger partial charge in [0.05, 0.1) is 17.4 Å². The first-order valence-corrected chi connectivity index (χ1v) is 6.15. The molecule has 0 saturated heterocycles. The largest absolute Gasteiger partial charge is 0.288 e. The molecule has 0 amide bonds. The molecule has 1 unspecified atom stereocenters. The van der Waals surface area contributed by atoms with E-state index < -0.39 is 0 Å². The molecule has 0 spiro atoms. The highest BCUT2D eigenvalue weighted by atomic mass is 15.4. The van der Waals surface area contributed by atoms with E-state index in [2.05, 4.69) is 39.3 Å². The summed E-state index contributed by atoms with van der Waals surface area (Å²) in [5, 5.41) is 13.3. The van der Waals surface area contributed by atoms with Crippen LogP contribution in [0, 0.1) is 0 Å². The summed E-state index contributed by atoms with van der Waals surface area (Å²) in [6, 6.07) is 6.21. The van der Waals surface area contributed by atoms with Gasteiger partial charge in [-0.3, -0.25) is 9.47 Å². The minimum Gasteiger partial charge on any atom is -0.288 e. The van der Waals surface area contributed by atoms with Crippen LogP contribution < -0.4 is 0 Å². The van der Waals surface area contributed by atoms with Gasteiger partial charge in [0, 0.05) is 5.39 Å². The number of nitrogens with zero attached hydrogens (tertiary/aromatic N) is 6. The lowest BCUT2D eigenvalue weighted by molar-refractivity contribution is 0.226. The van der Waals surface area contributed by atoms with Crippen LogP contribution in [-0.4, -0.2) is 43.5 Å². The van der Waals surface area contributed by atoms with Crippen molar-refractivity contribution in [1.29, 1.82) is 0 Å². The van der Waals surface area contributed by atoms with Crippen LogP contribution in [0.1, 0.15) is 13.1 Å². The fourth-order valence-corrected chi connectivity index (χ4v) is 2.04. The van der Waals surface area contributed by atoms with Crippen molar-refractivity contribution in [3.05, 3.63) is 37.1 Å². The molecule has 0 aliphatic carbocycles. The van der Waals surface area contributed by atoms with E-state index in [-0.39, 0.29) is 6.17 Å². The van der Waals surface area contributed by atoms with Gasteiger partial charge < -0.3 is 0 Å². The highest BCUT2D eigenvalue weighted by molar-refractivity contribution is 5.80. The molecular weight excluding hydrogens is 240 g/mol. The van der Waals surface area contributed by atoms with Gasteiger partial charge in [-0.15, -0.1) is 10.2 Å². The molecule has 19 heavy (non-hydrogen) atoms. The Balaban J connectivity index is 2.13. The minimum atomic E-state index is 0.202. The molecule has 0 aliphatic heterocycles. The zero-order valence-electron chi connectivity index (χ0n) is 11.2. The second kappa shape index (κ2) is 4.47. The molecule has 3 aromatic rings. The second-order valence-corrected chi connectivity index (χ2v) is 4.80. The zero-order chi connectivity index (χ0) is 13.4.